The van der Waals surface area contributed by atoms with Crippen LogP contribution in [0.5, 0.6) is 0 Å². The normalized spacial score (nSPS) is 16.9. The number of fused-ring (bicyclic) bond motifs is 1. The zero-order valence-electron chi connectivity index (χ0n) is 17.9. The van der Waals surface area contributed by atoms with Gasteiger partial charge in [-0.15, -0.1) is 0 Å². The third-order valence-corrected chi connectivity index (χ3v) is 6.62. The molecule has 1 aromatic heterocycles. The number of primary sulfonamides is 1. The molecule has 4 rings (SSSR count). The highest BCUT2D eigenvalue weighted by Gasteiger charge is 2.28. The van der Waals surface area contributed by atoms with Crippen molar-refractivity contribution < 1.29 is 27.1 Å². The number of ether oxygens (including phenoxy) is 2. The van der Waals surface area contributed by atoms with Crippen molar-refractivity contribution in [2.75, 3.05) is 26.8 Å². The Labute approximate surface area is 194 Å². The standard InChI is InChI=1S/C21H22ClFN4O5S/c1-12-3-4-18-17(7-12)25-20(19-15(22)8-14(9-16(19)23)33(24,29)30)27(18)11-13-10-26(5-6-32-13)21(28)31-2/h3-4,7-9,13H,5-6,10-11H2,1-2H3,(H2,24,29,30)/t13-/m1/s1. The van der Waals surface area contributed by atoms with Gasteiger partial charge in [0.05, 0.1) is 59.4 Å². The van der Waals surface area contributed by atoms with Crippen LogP contribution < -0.4 is 5.14 Å². The smallest absolute Gasteiger partial charge is 0.409 e. The van der Waals surface area contributed by atoms with Crippen LogP contribution in [0.15, 0.2) is 35.2 Å². The number of morpholine rings is 1. The van der Waals surface area contributed by atoms with Crippen molar-refractivity contribution in [3.63, 3.8) is 0 Å². The number of carbonyl (C=O) groups is 1. The predicted molar refractivity (Wildman–Crippen MR) is 120 cm³/mol. The van der Waals surface area contributed by atoms with E-state index < -0.39 is 32.9 Å². The second-order valence-electron chi connectivity index (χ2n) is 7.75. The molecule has 0 aliphatic carbocycles. The maximum absolute atomic E-state index is 15.1. The monoisotopic (exact) mass is 496 g/mol. The molecule has 1 aliphatic rings. The van der Waals surface area contributed by atoms with Gasteiger partial charge in [0.1, 0.15) is 11.6 Å². The van der Waals surface area contributed by atoms with Crippen molar-refractivity contribution in [2.45, 2.75) is 24.5 Å². The van der Waals surface area contributed by atoms with Crippen molar-refractivity contribution in [2.24, 2.45) is 5.14 Å². The molecular formula is C21H22ClFN4O5S. The highest BCUT2D eigenvalue weighted by atomic mass is 35.5. The van der Waals surface area contributed by atoms with E-state index in [9.17, 15) is 13.2 Å². The molecule has 2 heterocycles. The Kier molecular flexibility index (Phi) is 6.32. The summed E-state index contributed by atoms with van der Waals surface area (Å²) in [6, 6.07) is 7.52. The second kappa shape index (κ2) is 8.90. The van der Waals surface area contributed by atoms with E-state index in [4.69, 9.17) is 26.2 Å². The molecule has 1 fully saturated rings. The van der Waals surface area contributed by atoms with Crippen LogP contribution in [0.25, 0.3) is 22.4 Å². The summed E-state index contributed by atoms with van der Waals surface area (Å²) in [7, 11) is -2.84. The molecule has 33 heavy (non-hydrogen) atoms. The number of benzene rings is 2. The summed E-state index contributed by atoms with van der Waals surface area (Å²) in [4.78, 5) is 17.6. The number of hydrogen-bond acceptors (Lipinski definition) is 6. The predicted octanol–water partition coefficient (Wildman–Crippen LogP) is 2.92. The number of nitrogens with zero attached hydrogens (tertiary/aromatic N) is 3. The summed E-state index contributed by atoms with van der Waals surface area (Å²) in [5.74, 6) is -0.668. The van der Waals surface area contributed by atoms with Gasteiger partial charge in [0.15, 0.2) is 0 Å². The molecule has 2 aromatic carbocycles. The van der Waals surface area contributed by atoms with Crippen molar-refractivity contribution in [1.82, 2.24) is 14.5 Å². The SMILES string of the molecule is COC(=O)N1CCO[C@@H](Cn2c(-c3c(F)cc(S(N)(=O)=O)cc3Cl)nc3cc(C)ccc32)C1. The van der Waals surface area contributed by atoms with Crippen LogP contribution in [0, 0.1) is 12.7 Å². The summed E-state index contributed by atoms with van der Waals surface area (Å²) >= 11 is 6.32. The van der Waals surface area contributed by atoms with Gasteiger partial charge in [-0.1, -0.05) is 17.7 Å². The number of amides is 1. The molecule has 1 amide bonds. The zero-order valence-corrected chi connectivity index (χ0v) is 19.5. The number of sulfonamides is 1. The first-order valence-corrected chi connectivity index (χ1v) is 11.9. The topological polar surface area (TPSA) is 117 Å². The molecular weight excluding hydrogens is 475 g/mol. The number of aryl methyl sites for hydroxylation is 1. The first kappa shape index (κ1) is 23.4. The maximum atomic E-state index is 15.1. The van der Waals surface area contributed by atoms with Gasteiger partial charge in [-0.25, -0.2) is 27.7 Å². The fraction of sp³-hybridized carbons (Fsp3) is 0.333. The Morgan fingerprint density at radius 3 is 2.79 bits per heavy atom. The Balaban J connectivity index is 1.82. The van der Waals surface area contributed by atoms with Gasteiger partial charge in [0, 0.05) is 6.54 Å². The van der Waals surface area contributed by atoms with E-state index in [2.05, 4.69) is 4.98 Å². The highest BCUT2D eigenvalue weighted by molar-refractivity contribution is 7.89. The van der Waals surface area contributed by atoms with Crippen molar-refractivity contribution in [3.8, 4) is 11.4 Å². The molecule has 0 bridgehead atoms. The van der Waals surface area contributed by atoms with Crippen molar-refractivity contribution >= 4 is 38.8 Å². The van der Waals surface area contributed by atoms with E-state index in [1.54, 1.807) is 4.57 Å². The van der Waals surface area contributed by atoms with Crippen molar-refractivity contribution in [3.05, 3.63) is 46.7 Å². The minimum absolute atomic E-state index is 0.0569. The molecule has 1 aliphatic heterocycles. The average Bonchev–Trinajstić information content (AvgIpc) is 3.09. The quantitative estimate of drug-likeness (QED) is 0.593. The Morgan fingerprint density at radius 1 is 1.36 bits per heavy atom. The highest BCUT2D eigenvalue weighted by Crippen LogP contribution is 2.35. The molecule has 1 saturated heterocycles. The number of methoxy groups -OCH3 is 1. The van der Waals surface area contributed by atoms with E-state index in [0.29, 0.717) is 24.2 Å². The molecule has 0 saturated carbocycles. The first-order chi connectivity index (χ1) is 15.6. The molecule has 0 radical (unpaired) electrons. The summed E-state index contributed by atoms with van der Waals surface area (Å²) in [5, 5.41) is 4.99. The number of aromatic nitrogens is 2. The lowest BCUT2D eigenvalue weighted by Crippen LogP contribution is -2.47. The summed E-state index contributed by atoms with van der Waals surface area (Å²) < 4.78 is 50.9. The molecule has 2 N–H and O–H groups in total. The lowest BCUT2D eigenvalue weighted by molar-refractivity contribution is -0.0310. The van der Waals surface area contributed by atoms with Gasteiger partial charge in [0.25, 0.3) is 0 Å². The van der Waals surface area contributed by atoms with Crippen LogP contribution in [0.2, 0.25) is 5.02 Å². The Bertz CT molecular complexity index is 1320. The van der Waals surface area contributed by atoms with E-state index in [1.165, 1.54) is 12.0 Å². The fourth-order valence-electron chi connectivity index (χ4n) is 3.87. The van der Waals surface area contributed by atoms with Gasteiger partial charge in [0.2, 0.25) is 10.0 Å². The van der Waals surface area contributed by atoms with Crippen LogP contribution in [-0.4, -0.2) is 61.9 Å². The number of rotatable bonds is 4. The summed E-state index contributed by atoms with van der Waals surface area (Å²) in [6.45, 7) is 3.15. The first-order valence-electron chi connectivity index (χ1n) is 10.0. The molecule has 12 heteroatoms. The van der Waals surface area contributed by atoms with Crippen LogP contribution in [0.1, 0.15) is 5.56 Å². The van der Waals surface area contributed by atoms with Gasteiger partial charge in [-0.3, -0.25) is 0 Å². The number of imidazole rings is 1. The van der Waals surface area contributed by atoms with Crippen molar-refractivity contribution in [1.29, 1.82) is 0 Å². The lowest BCUT2D eigenvalue weighted by atomic mass is 10.2. The third-order valence-electron chi connectivity index (χ3n) is 5.43. The molecule has 9 nitrogen and oxygen atoms in total. The Hall–Kier alpha value is -2.73. The van der Waals surface area contributed by atoms with Gasteiger partial charge < -0.3 is 18.9 Å². The largest absolute Gasteiger partial charge is 0.453 e. The third kappa shape index (κ3) is 4.67. The minimum atomic E-state index is -4.15. The fourth-order valence-corrected chi connectivity index (χ4v) is 4.78. The minimum Gasteiger partial charge on any atom is -0.453 e. The molecule has 176 valence electrons. The number of hydrogen-bond donors (Lipinski definition) is 1. The second-order valence-corrected chi connectivity index (χ2v) is 9.72. The van der Waals surface area contributed by atoms with Gasteiger partial charge >= 0.3 is 6.09 Å². The van der Waals surface area contributed by atoms with E-state index in [0.717, 1.165) is 17.7 Å². The molecule has 0 unspecified atom stereocenters. The van der Waals surface area contributed by atoms with E-state index >= 15 is 4.39 Å². The number of carbonyl (C=O) groups excluding carboxylic acids is 1. The van der Waals surface area contributed by atoms with Crippen LogP contribution in [0.4, 0.5) is 9.18 Å². The van der Waals surface area contributed by atoms with Crippen LogP contribution in [-0.2, 0) is 26.0 Å². The average molecular weight is 497 g/mol. The summed E-state index contributed by atoms with van der Waals surface area (Å²) in [6.07, 6.45) is -0.872. The lowest BCUT2D eigenvalue weighted by Gasteiger charge is -2.32. The summed E-state index contributed by atoms with van der Waals surface area (Å²) in [5.41, 5.74) is 2.22. The Morgan fingerprint density at radius 2 is 2.12 bits per heavy atom. The molecule has 0 spiro atoms. The zero-order chi connectivity index (χ0) is 23.9. The maximum Gasteiger partial charge on any atom is 0.409 e. The van der Waals surface area contributed by atoms with Gasteiger partial charge in [-0.2, -0.15) is 0 Å². The van der Waals surface area contributed by atoms with E-state index in [1.807, 2.05) is 25.1 Å². The number of nitrogens with two attached hydrogens (primary N) is 1. The number of halogens is 2. The van der Waals surface area contributed by atoms with Crippen LogP contribution >= 0.6 is 11.6 Å². The molecule has 3 aromatic rings. The van der Waals surface area contributed by atoms with Gasteiger partial charge in [-0.05, 0) is 36.8 Å². The van der Waals surface area contributed by atoms with Crippen LogP contribution in [0.3, 0.4) is 0 Å². The van der Waals surface area contributed by atoms with E-state index in [-0.39, 0.29) is 29.5 Å². The molecule has 1 atom stereocenters.